The third-order valence-electron chi connectivity index (χ3n) is 3.83. The summed E-state index contributed by atoms with van der Waals surface area (Å²) in [4.78, 5) is 24.2. The molecule has 0 unspecified atom stereocenters. The second kappa shape index (κ2) is 6.76. The summed E-state index contributed by atoms with van der Waals surface area (Å²) < 4.78 is 1.07. The molecule has 1 aliphatic heterocycles. The van der Waals surface area contributed by atoms with Gasteiger partial charge in [-0.25, -0.2) is 0 Å². The number of hydrogen-bond donors (Lipinski definition) is 3. The lowest BCUT2D eigenvalue weighted by atomic mass is 9.79. The number of nitrogens with one attached hydrogen (secondary N) is 3. The van der Waals surface area contributed by atoms with Crippen LogP contribution in [-0.4, -0.2) is 28.9 Å². The van der Waals surface area contributed by atoms with Crippen molar-refractivity contribution in [3.8, 4) is 0 Å². The fraction of sp³-hybridized carbons (Fsp3) is 0.529. The summed E-state index contributed by atoms with van der Waals surface area (Å²) in [5.41, 5.74) is 0.468. The minimum atomic E-state index is -0.625. The lowest BCUT2D eigenvalue weighted by Crippen LogP contribution is -2.62. The number of anilines is 1. The van der Waals surface area contributed by atoms with Gasteiger partial charge in [-0.3, -0.25) is 9.59 Å². The number of amides is 2. The first kappa shape index (κ1) is 18.2. The first-order valence-corrected chi connectivity index (χ1v) is 8.81. The van der Waals surface area contributed by atoms with Crippen LogP contribution in [0.5, 0.6) is 0 Å². The monoisotopic (exact) mass is 429 g/mol. The smallest absolute Gasteiger partial charge is 0.313 e. The Bertz CT molecular complexity index is 580. The topological polar surface area (TPSA) is 70.2 Å². The summed E-state index contributed by atoms with van der Waals surface area (Å²) in [6, 6.07) is 7.31. The van der Waals surface area contributed by atoms with Gasteiger partial charge in [-0.2, -0.15) is 0 Å². The lowest BCUT2D eigenvalue weighted by Gasteiger charge is -2.46. The maximum atomic E-state index is 12.2. The first-order chi connectivity index (χ1) is 10.6. The van der Waals surface area contributed by atoms with E-state index < -0.39 is 11.8 Å². The van der Waals surface area contributed by atoms with Crippen LogP contribution in [0.1, 0.15) is 40.5 Å². The van der Waals surface area contributed by atoms with Gasteiger partial charge in [-0.05, 0) is 87.4 Å². The zero-order valence-corrected chi connectivity index (χ0v) is 16.2. The molecule has 0 bridgehead atoms. The fourth-order valence-electron chi connectivity index (χ4n) is 3.40. The lowest BCUT2D eigenvalue weighted by molar-refractivity contribution is -0.137. The van der Waals surface area contributed by atoms with Gasteiger partial charge in [0.2, 0.25) is 0 Å². The van der Waals surface area contributed by atoms with Crippen molar-refractivity contribution >= 4 is 40.1 Å². The standard InChI is InChI=1S/C17H24IN3O2/c1-16(2)9-13(10-17(3,4)21-16)20-15(23)14(22)19-12-7-5-11(18)6-8-12/h5-8,13,21H,9-10H2,1-4H3,(H,19,22)(H,20,23). The molecule has 0 spiro atoms. The van der Waals surface area contributed by atoms with E-state index >= 15 is 0 Å². The molecule has 1 saturated heterocycles. The van der Waals surface area contributed by atoms with E-state index in [0.29, 0.717) is 5.69 Å². The van der Waals surface area contributed by atoms with Crippen molar-refractivity contribution in [1.82, 2.24) is 10.6 Å². The molecule has 0 saturated carbocycles. The van der Waals surface area contributed by atoms with Crippen LogP contribution < -0.4 is 16.0 Å². The van der Waals surface area contributed by atoms with E-state index in [4.69, 9.17) is 0 Å². The molecule has 1 heterocycles. The molecule has 23 heavy (non-hydrogen) atoms. The Morgan fingerprint density at radius 3 is 2.09 bits per heavy atom. The number of carbonyl (C=O) groups excluding carboxylic acids is 2. The molecule has 1 aromatic rings. The number of benzene rings is 1. The van der Waals surface area contributed by atoms with Crippen molar-refractivity contribution < 1.29 is 9.59 Å². The van der Waals surface area contributed by atoms with E-state index in [1.165, 1.54) is 0 Å². The number of hydrogen-bond acceptors (Lipinski definition) is 3. The van der Waals surface area contributed by atoms with Gasteiger partial charge in [0.25, 0.3) is 0 Å². The van der Waals surface area contributed by atoms with Crippen molar-refractivity contribution in [3.63, 3.8) is 0 Å². The van der Waals surface area contributed by atoms with Gasteiger partial charge in [-0.15, -0.1) is 0 Å². The van der Waals surface area contributed by atoms with Crippen LogP contribution in [0.15, 0.2) is 24.3 Å². The molecular formula is C17H24IN3O2. The van der Waals surface area contributed by atoms with Crippen LogP contribution in [0.2, 0.25) is 0 Å². The van der Waals surface area contributed by atoms with E-state index in [1.807, 2.05) is 12.1 Å². The molecule has 6 heteroatoms. The van der Waals surface area contributed by atoms with Gasteiger partial charge >= 0.3 is 11.8 Å². The Kier molecular flexibility index (Phi) is 5.35. The van der Waals surface area contributed by atoms with Crippen LogP contribution in [0.25, 0.3) is 0 Å². The Morgan fingerprint density at radius 2 is 1.57 bits per heavy atom. The van der Waals surface area contributed by atoms with Crippen molar-refractivity contribution in [1.29, 1.82) is 0 Å². The van der Waals surface area contributed by atoms with Crippen LogP contribution >= 0.6 is 22.6 Å². The molecule has 126 valence electrons. The van der Waals surface area contributed by atoms with Crippen molar-refractivity contribution in [3.05, 3.63) is 27.8 Å². The van der Waals surface area contributed by atoms with Crippen LogP contribution in [0.4, 0.5) is 5.69 Å². The Balaban J connectivity index is 1.95. The summed E-state index contributed by atoms with van der Waals surface area (Å²) in [6.07, 6.45) is 1.58. The third-order valence-corrected chi connectivity index (χ3v) is 4.55. The highest BCUT2D eigenvalue weighted by Gasteiger charge is 2.38. The summed E-state index contributed by atoms with van der Waals surface area (Å²) in [5, 5.41) is 9.06. The molecule has 5 nitrogen and oxygen atoms in total. The fourth-order valence-corrected chi connectivity index (χ4v) is 3.76. The highest BCUT2D eigenvalue weighted by atomic mass is 127. The molecule has 1 aromatic carbocycles. The predicted octanol–water partition coefficient (Wildman–Crippen LogP) is 2.66. The van der Waals surface area contributed by atoms with E-state index in [-0.39, 0.29) is 17.1 Å². The highest BCUT2D eigenvalue weighted by Crippen LogP contribution is 2.28. The Morgan fingerprint density at radius 1 is 1.04 bits per heavy atom. The molecule has 1 aliphatic rings. The Labute approximate surface area is 151 Å². The van der Waals surface area contributed by atoms with Crippen molar-refractivity contribution in [2.75, 3.05) is 5.32 Å². The number of rotatable bonds is 2. The van der Waals surface area contributed by atoms with Crippen LogP contribution in [0.3, 0.4) is 0 Å². The molecule has 0 radical (unpaired) electrons. The molecule has 3 N–H and O–H groups in total. The average molecular weight is 429 g/mol. The zero-order valence-electron chi connectivity index (χ0n) is 14.0. The van der Waals surface area contributed by atoms with Crippen LogP contribution in [-0.2, 0) is 9.59 Å². The normalized spacial score (nSPS) is 19.9. The van der Waals surface area contributed by atoms with Gasteiger partial charge in [-0.1, -0.05) is 0 Å². The Hall–Kier alpha value is -1.15. The van der Waals surface area contributed by atoms with Gasteiger partial charge in [0.1, 0.15) is 0 Å². The molecule has 2 amide bonds. The minimum Gasteiger partial charge on any atom is -0.345 e. The minimum absolute atomic E-state index is 0.0174. The third kappa shape index (κ3) is 5.46. The molecule has 0 aliphatic carbocycles. The second-order valence-corrected chi connectivity index (χ2v) is 8.68. The molecular weight excluding hydrogens is 405 g/mol. The summed E-state index contributed by atoms with van der Waals surface area (Å²) in [7, 11) is 0. The zero-order chi connectivity index (χ0) is 17.3. The summed E-state index contributed by atoms with van der Waals surface area (Å²) >= 11 is 2.19. The van der Waals surface area contributed by atoms with Crippen molar-refractivity contribution in [2.45, 2.75) is 57.7 Å². The highest BCUT2D eigenvalue weighted by molar-refractivity contribution is 14.1. The van der Waals surface area contributed by atoms with Crippen LogP contribution in [0, 0.1) is 3.57 Å². The number of carbonyl (C=O) groups is 2. The maximum Gasteiger partial charge on any atom is 0.313 e. The molecule has 1 fully saturated rings. The number of piperidine rings is 1. The maximum absolute atomic E-state index is 12.2. The SMILES string of the molecule is CC1(C)CC(NC(=O)C(=O)Nc2ccc(I)cc2)CC(C)(C)N1. The van der Waals surface area contributed by atoms with E-state index in [2.05, 4.69) is 66.2 Å². The first-order valence-electron chi connectivity index (χ1n) is 7.73. The molecule has 0 aromatic heterocycles. The van der Waals surface area contributed by atoms with E-state index in [1.54, 1.807) is 12.1 Å². The quantitative estimate of drug-likeness (QED) is 0.500. The average Bonchev–Trinajstić information content (AvgIpc) is 2.37. The molecule has 0 atom stereocenters. The molecule has 2 rings (SSSR count). The summed E-state index contributed by atoms with van der Waals surface area (Å²) in [5.74, 6) is -1.21. The second-order valence-electron chi connectivity index (χ2n) is 7.43. The summed E-state index contributed by atoms with van der Waals surface area (Å²) in [6.45, 7) is 8.44. The van der Waals surface area contributed by atoms with Gasteiger partial charge in [0.05, 0.1) is 0 Å². The van der Waals surface area contributed by atoms with Gasteiger partial charge in [0, 0.05) is 26.4 Å². The van der Waals surface area contributed by atoms with E-state index in [0.717, 1.165) is 16.4 Å². The predicted molar refractivity (Wildman–Crippen MR) is 100 cm³/mol. The van der Waals surface area contributed by atoms with E-state index in [9.17, 15) is 9.59 Å². The largest absolute Gasteiger partial charge is 0.345 e. The van der Waals surface area contributed by atoms with Gasteiger partial charge < -0.3 is 16.0 Å². The van der Waals surface area contributed by atoms with Gasteiger partial charge in [0.15, 0.2) is 0 Å². The number of halogens is 1. The van der Waals surface area contributed by atoms with Crippen molar-refractivity contribution in [2.24, 2.45) is 0 Å².